The molecule has 0 saturated carbocycles. The molecule has 0 saturated heterocycles. The van der Waals surface area contributed by atoms with Gasteiger partial charge in [0.05, 0.1) is 16.8 Å². The minimum atomic E-state index is -0.660. The van der Waals surface area contributed by atoms with Gasteiger partial charge in [-0.05, 0) is 66.5 Å². The van der Waals surface area contributed by atoms with Crippen LogP contribution in [0.2, 0.25) is 0 Å². The minimum absolute atomic E-state index is 0.0838. The monoisotopic (exact) mass is 347 g/mol. The number of halogens is 1. The first-order chi connectivity index (χ1) is 9.80. The van der Waals surface area contributed by atoms with Crippen molar-refractivity contribution >= 4 is 33.2 Å². The third-order valence-electron chi connectivity index (χ3n) is 3.50. The molecule has 0 radical (unpaired) electrons. The molecule has 0 aliphatic heterocycles. The number of aromatic nitrogens is 1. The van der Waals surface area contributed by atoms with Crippen LogP contribution in [0.1, 0.15) is 25.1 Å². The molecule has 0 spiro atoms. The highest BCUT2D eigenvalue weighted by atomic mass is 79.9. The molecule has 2 rings (SSSR count). The molecule has 4 nitrogen and oxygen atoms in total. The van der Waals surface area contributed by atoms with E-state index in [4.69, 9.17) is 5.73 Å². The van der Waals surface area contributed by atoms with E-state index < -0.39 is 5.41 Å². The number of benzene rings is 1. The number of pyridine rings is 1. The Morgan fingerprint density at radius 3 is 2.38 bits per heavy atom. The third kappa shape index (κ3) is 3.42. The maximum absolute atomic E-state index is 12.6. The largest absolute Gasteiger partial charge is 0.399 e. The van der Waals surface area contributed by atoms with E-state index >= 15 is 0 Å². The zero-order valence-corrected chi connectivity index (χ0v) is 13.9. The lowest BCUT2D eigenvalue weighted by molar-refractivity contribution is -0.120. The Bertz CT molecular complexity index is 666. The molecule has 2 aromatic rings. The lowest BCUT2D eigenvalue weighted by atomic mass is 9.83. The van der Waals surface area contributed by atoms with Crippen molar-refractivity contribution in [2.24, 2.45) is 0 Å². The molecule has 0 atom stereocenters. The highest BCUT2D eigenvalue weighted by Gasteiger charge is 2.30. The number of nitrogens with one attached hydrogen (secondary N) is 1. The van der Waals surface area contributed by atoms with Crippen molar-refractivity contribution in [3.8, 4) is 0 Å². The second kappa shape index (κ2) is 5.85. The first kappa shape index (κ1) is 15.5. The number of hydrogen-bond acceptors (Lipinski definition) is 3. The van der Waals surface area contributed by atoms with Gasteiger partial charge in [0, 0.05) is 5.69 Å². The van der Waals surface area contributed by atoms with Crippen LogP contribution in [0.3, 0.4) is 0 Å². The van der Waals surface area contributed by atoms with Gasteiger partial charge in [0.15, 0.2) is 0 Å². The fraction of sp³-hybridized carbons (Fsp3) is 0.250. The number of rotatable bonds is 3. The highest BCUT2D eigenvalue weighted by molar-refractivity contribution is 9.10. The number of nitrogens with two attached hydrogens (primary N) is 1. The van der Waals surface area contributed by atoms with Crippen LogP contribution >= 0.6 is 15.9 Å². The molecule has 1 aromatic heterocycles. The Balaban J connectivity index is 2.24. The van der Waals surface area contributed by atoms with Crippen LogP contribution < -0.4 is 11.1 Å². The van der Waals surface area contributed by atoms with Gasteiger partial charge in [-0.3, -0.25) is 4.79 Å². The second-order valence-electron chi connectivity index (χ2n) is 5.47. The van der Waals surface area contributed by atoms with Crippen LogP contribution in [0.25, 0.3) is 0 Å². The van der Waals surface area contributed by atoms with Gasteiger partial charge in [-0.15, -0.1) is 0 Å². The van der Waals surface area contributed by atoms with Crippen LogP contribution in [-0.2, 0) is 10.2 Å². The average molecular weight is 348 g/mol. The Kier molecular flexibility index (Phi) is 4.32. The lowest BCUT2D eigenvalue weighted by Crippen LogP contribution is -2.35. The number of carbonyl (C=O) groups is 1. The molecular formula is C16H18BrN3O. The van der Waals surface area contributed by atoms with Gasteiger partial charge in [-0.2, -0.15) is 0 Å². The second-order valence-corrected chi connectivity index (χ2v) is 6.28. The summed E-state index contributed by atoms with van der Waals surface area (Å²) in [5.74, 6) is -0.0838. The molecule has 5 heteroatoms. The molecule has 0 aliphatic rings. The summed E-state index contributed by atoms with van der Waals surface area (Å²) in [4.78, 5) is 16.9. The smallest absolute Gasteiger partial charge is 0.234 e. The Hall–Kier alpha value is -1.88. The topological polar surface area (TPSA) is 68.0 Å². The van der Waals surface area contributed by atoms with Crippen LogP contribution in [0.5, 0.6) is 0 Å². The number of nitrogens with zero attached hydrogens (tertiary/aromatic N) is 1. The van der Waals surface area contributed by atoms with Crippen LogP contribution in [-0.4, -0.2) is 10.9 Å². The van der Waals surface area contributed by atoms with Gasteiger partial charge in [0.25, 0.3) is 0 Å². The molecule has 3 N–H and O–H groups in total. The summed E-state index contributed by atoms with van der Waals surface area (Å²) < 4.78 is 0.746. The minimum Gasteiger partial charge on any atom is -0.399 e. The quantitative estimate of drug-likeness (QED) is 0.657. The zero-order chi connectivity index (χ0) is 15.6. The molecular weight excluding hydrogens is 330 g/mol. The first-order valence-electron chi connectivity index (χ1n) is 6.61. The number of nitrogen functional groups attached to an aromatic ring is 1. The SMILES string of the molecule is Cc1nc(Br)ccc1NC(=O)C(C)(C)c1ccc(N)cc1. The summed E-state index contributed by atoms with van der Waals surface area (Å²) in [6.45, 7) is 5.63. The maximum atomic E-state index is 12.6. The van der Waals surface area contributed by atoms with Gasteiger partial charge < -0.3 is 11.1 Å². The summed E-state index contributed by atoms with van der Waals surface area (Å²) in [5, 5.41) is 2.94. The number of carbonyl (C=O) groups excluding carboxylic acids is 1. The fourth-order valence-corrected chi connectivity index (χ4v) is 2.37. The molecule has 0 unspecified atom stereocenters. The molecule has 21 heavy (non-hydrogen) atoms. The van der Waals surface area contributed by atoms with E-state index in [1.807, 2.05) is 39.0 Å². The van der Waals surface area contributed by atoms with Crippen molar-refractivity contribution < 1.29 is 4.79 Å². The van der Waals surface area contributed by atoms with Crippen LogP contribution in [0.4, 0.5) is 11.4 Å². The van der Waals surface area contributed by atoms with Crippen molar-refractivity contribution in [1.82, 2.24) is 4.98 Å². The number of hydrogen-bond donors (Lipinski definition) is 2. The standard InChI is InChI=1S/C16H18BrN3O/c1-10-13(8-9-14(17)19-10)20-15(21)16(2,3)11-4-6-12(18)7-5-11/h4-9H,18H2,1-3H3,(H,20,21). The summed E-state index contributed by atoms with van der Waals surface area (Å²) in [6.07, 6.45) is 0. The molecule has 1 amide bonds. The van der Waals surface area contributed by atoms with Crippen molar-refractivity contribution in [2.75, 3.05) is 11.1 Å². The van der Waals surface area contributed by atoms with E-state index in [0.29, 0.717) is 11.4 Å². The van der Waals surface area contributed by atoms with Gasteiger partial charge in [0.1, 0.15) is 4.60 Å². The normalized spacial score (nSPS) is 11.2. The molecule has 0 fully saturated rings. The van der Waals surface area contributed by atoms with Gasteiger partial charge >= 0.3 is 0 Å². The van der Waals surface area contributed by atoms with E-state index in [2.05, 4.69) is 26.2 Å². The summed E-state index contributed by atoms with van der Waals surface area (Å²) >= 11 is 3.31. The molecule has 1 aromatic carbocycles. The molecule has 0 aliphatic carbocycles. The van der Waals surface area contributed by atoms with Crippen LogP contribution in [0.15, 0.2) is 41.0 Å². The fourth-order valence-electron chi connectivity index (χ4n) is 1.97. The Morgan fingerprint density at radius 2 is 1.81 bits per heavy atom. The van der Waals surface area contributed by atoms with Crippen molar-refractivity contribution in [1.29, 1.82) is 0 Å². The van der Waals surface area contributed by atoms with E-state index in [1.165, 1.54) is 0 Å². The van der Waals surface area contributed by atoms with Gasteiger partial charge in [-0.1, -0.05) is 12.1 Å². The highest BCUT2D eigenvalue weighted by Crippen LogP contribution is 2.26. The average Bonchev–Trinajstić information content (AvgIpc) is 2.42. The van der Waals surface area contributed by atoms with Crippen LogP contribution in [0, 0.1) is 6.92 Å². The number of aryl methyl sites for hydroxylation is 1. The summed E-state index contributed by atoms with van der Waals surface area (Å²) in [5.41, 5.74) is 8.11. The first-order valence-corrected chi connectivity index (χ1v) is 7.40. The summed E-state index contributed by atoms with van der Waals surface area (Å²) in [7, 11) is 0. The van der Waals surface area contributed by atoms with E-state index in [9.17, 15) is 4.79 Å². The molecule has 110 valence electrons. The Morgan fingerprint density at radius 1 is 1.19 bits per heavy atom. The number of anilines is 2. The third-order valence-corrected chi connectivity index (χ3v) is 3.94. The Labute approximate surface area is 132 Å². The van der Waals surface area contributed by atoms with Crippen molar-refractivity contribution in [3.63, 3.8) is 0 Å². The molecule has 1 heterocycles. The maximum Gasteiger partial charge on any atom is 0.234 e. The lowest BCUT2D eigenvalue weighted by Gasteiger charge is -2.24. The van der Waals surface area contributed by atoms with Crippen molar-refractivity contribution in [2.45, 2.75) is 26.2 Å². The van der Waals surface area contributed by atoms with E-state index in [1.54, 1.807) is 18.2 Å². The molecule has 0 bridgehead atoms. The van der Waals surface area contributed by atoms with Gasteiger partial charge in [-0.25, -0.2) is 4.98 Å². The van der Waals surface area contributed by atoms with E-state index in [0.717, 1.165) is 15.9 Å². The predicted molar refractivity (Wildman–Crippen MR) is 89.2 cm³/mol. The van der Waals surface area contributed by atoms with Gasteiger partial charge in [0.2, 0.25) is 5.91 Å². The van der Waals surface area contributed by atoms with E-state index in [-0.39, 0.29) is 5.91 Å². The van der Waals surface area contributed by atoms with Crippen molar-refractivity contribution in [3.05, 3.63) is 52.3 Å². The summed E-state index contributed by atoms with van der Waals surface area (Å²) in [6, 6.07) is 11.0. The predicted octanol–water partition coefficient (Wildman–Crippen LogP) is 3.65. The zero-order valence-electron chi connectivity index (χ0n) is 12.3. The number of amides is 1.